The molecule has 114 valence electrons. The molecule has 0 fully saturated rings. The smallest absolute Gasteiger partial charge is 0.281 e. The number of aryl methyl sites for hydroxylation is 2. The second kappa shape index (κ2) is 4.81. The molecule has 1 aliphatic heterocycles. The Morgan fingerprint density at radius 1 is 1.32 bits per heavy atom. The molecule has 22 heavy (non-hydrogen) atoms. The number of aromatic hydroxyl groups is 1. The fourth-order valence-corrected chi connectivity index (χ4v) is 4.01. The fraction of sp³-hybridized carbons (Fsp3) is 0.214. The SMILES string of the molecule is Cc1nn(C)c(=O)c(C2=NP(C)(=O)c3ccccc3N2)c1O. The van der Waals surface area contributed by atoms with Crippen molar-refractivity contribution in [2.75, 3.05) is 12.0 Å². The first-order valence-electron chi connectivity index (χ1n) is 6.63. The summed E-state index contributed by atoms with van der Waals surface area (Å²) in [6.45, 7) is 3.11. The molecule has 0 bridgehead atoms. The van der Waals surface area contributed by atoms with Crippen molar-refractivity contribution in [3.63, 3.8) is 0 Å². The molecular formula is C14H15N4O3P. The van der Waals surface area contributed by atoms with Crippen LogP contribution in [0.4, 0.5) is 5.69 Å². The third-order valence-electron chi connectivity index (χ3n) is 3.52. The van der Waals surface area contributed by atoms with Crippen molar-refractivity contribution in [1.82, 2.24) is 9.78 Å². The molecule has 0 saturated heterocycles. The first-order valence-corrected chi connectivity index (χ1v) is 8.73. The lowest BCUT2D eigenvalue weighted by molar-refractivity contribution is 0.456. The van der Waals surface area contributed by atoms with Crippen LogP contribution in [0.2, 0.25) is 0 Å². The predicted molar refractivity (Wildman–Crippen MR) is 85.6 cm³/mol. The zero-order chi connectivity index (χ0) is 16.1. The number of fused-ring (bicyclic) bond motifs is 1. The van der Waals surface area contributed by atoms with E-state index in [4.69, 9.17) is 0 Å². The molecule has 2 N–H and O–H groups in total. The number of hydrogen-bond donors (Lipinski definition) is 2. The van der Waals surface area contributed by atoms with Crippen molar-refractivity contribution >= 4 is 24.1 Å². The molecule has 1 aliphatic rings. The van der Waals surface area contributed by atoms with E-state index in [-0.39, 0.29) is 17.1 Å². The summed E-state index contributed by atoms with van der Waals surface area (Å²) in [7, 11) is -1.54. The maximum absolute atomic E-state index is 12.8. The van der Waals surface area contributed by atoms with Gasteiger partial charge < -0.3 is 10.4 Å². The van der Waals surface area contributed by atoms with Gasteiger partial charge in [0, 0.05) is 13.7 Å². The molecule has 0 saturated carbocycles. The highest BCUT2D eigenvalue weighted by Gasteiger charge is 2.30. The third-order valence-corrected chi connectivity index (χ3v) is 5.38. The maximum atomic E-state index is 12.8. The van der Waals surface area contributed by atoms with Crippen molar-refractivity contribution in [2.24, 2.45) is 11.8 Å². The molecule has 3 rings (SSSR count). The maximum Gasteiger partial charge on any atom is 0.281 e. The Balaban J connectivity index is 2.27. The van der Waals surface area contributed by atoms with Gasteiger partial charge in [0.25, 0.3) is 5.56 Å². The molecule has 1 aromatic heterocycles. The summed E-state index contributed by atoms with van der Waals surface area (Å²) >= 11 is 0. The molecule has 7 nitrogen and oxygen atoms in total. The summed E-state index contributed by atoms with van der Waals surface area (Å²) in [5.74, 6) is -0.151. The van der Waals surface area contributed by atoms with Crippen LogP contribution in [0.15, 0.2) is 33.8 Å². The summed E-state index contributed by atoms with van der Waals surface area (Å²) < 4.78 is 18.1. The molecule has 8 heteroatoms. The van der Waals surface area contributed by atoms with E-state index < -0.39 is 12.9 Å². The van der Waals surface area contributed by atoms with Crippen molar-refractivity contribution in [1.29, 1.82) is 0 Å². The number of nitrogens with one attached hydrogen (secondary N) is 1. The lowest BCUT2D eigenvalue weighted by atomic mass is 10.2. The number of rotatable bonds is 1. The van der Waals surface area contributed by atoms with Gasteiger partial charge in [0.05, 0.1) is 11.0 Å². The minimum Gasteiger partial charge on any atom is -0.505 e. The minimum absolute atomic E-state index is 0.0217. The summed E-state index contributed by atoms with van der Waals surface area (Å²) in [4.78, 5) is 12.3. The Bertz CT molecular complexity index is 917. The van der Waals surface area contributed by atoms with Crippen LogP contribution in [-0.4, -0.2) is 27.4 Å². The minimum atomic E-state index is -3.02. The van der Waals surface area contributed by atoms with Crippen molar-refractivity contribution in [3.8, 4) is 5.75 Å². The van der Waals surface area contributed by atoms with Gasteiger partial charge in [0.1, 0.15) is 17.1 Å². The van der Waals surface area contributed by atoms with Crippen LogP contribution in [0.5, 0.6) is 5.75 Å². The van der Waals surface area contributed by atoms with Gasteiger partial charge in [-0.15, -0.1) is 0 Å². The lowest BCUT2D eigenvalue weighted by Gasteiger charge is -2.23. The lowest BCUT2D eigenvalue weighted by Crippen LogP contribution is -2.33. The van der Waals surface area contributed by atoms with E-state index >= 15 is 0 Å². The van der Waals surface area contributed by atoms with Crippen LogP contribution in [0.1, 0.15) is 11.3 Å². The number of benzene rings is 1. The Hall–Kier alpha value is -2.40. The average Bonchev–Trinajstić information content (AvgIpc) is 2.45. The Kier molecular flexibility index (Phi) is 3.18. The van der Waals surface area contributed by atoms with E-state index in [1.54, 1.807) is 31.2 Å². The monoisotopic (exact) mass is 318 g/mol. The molecule has 0 spiro atoms. The molecule has 2 aromatic rings. The summed E-state index contributed by atoms with van der Waals surface area (Å²) in [6, 6.07) is 7.07. The number of amidine groups is 1. The zero-order valence-corrected chi connectivity index (χ0v) is 13.3. The van der Waals surface area contributed by atoms with Gasteiger partial charge >= 0.3 is 0 Å². The van der Waals surface area contributed by atoms with E-state index in [1.165, 1.54) is 13.7 Å². The third kappa shape index (κ3) is 2.14. The van der Waals surface area contributed by atoms with Gasteiger partial charge in [0.15, 0.2) is 5.75 Å². The summed E-state index contributed by atoms with van der Waals surface area (Å²) in [5.41, 5.74) is 0.390. The van der Waals surface area contributed by atoms with Crippen LogP contribution in [-0.2, 0) is 11.6 Å². The Morgan fingerprint density at radius 3 is 2.73 bits per heavy atom. The van der Waals surface area contributed by atoms with Crippen LogP contribution in [0.3, 0.4) is 0 Å². The van der Waals surface area contributed by atoms with Crippen LogP contribution >= 0.6 is 7.29 Å². The van der Waals surface area contributed by atoms with Crippen molar-refractivity contribution < 1.29 is 9.67 Å². The fourth-order valence-electron chi connectivity index (χ4n) is 2.43. The van der Waals surface area contributed by atoms with E-state index in [2.05, 4.69) is 15.2 Å². The molecular weight excluding hydrogens is 303 g/mol. The standard InChI is InChI=1S/C14H15N4O3P/c1-8-12(19)11(14(20)18(2)16-8)13-15-9-6-4-5-7-10(9)22(3,21)17-13/h4-7,19H,1-3H3,(H,15,17,21). The Labute approximate surface area is 126 Å². The molecule has 1 atom stereocenters. The normalized spacial score (nSPS) is 20.0. The number of para-hydroxylation sites is 1. The second-order valence-corrected chi connectivity index (χ2v) is 7.65. The predicted octanol–water partition coefficient (Wildman–Crippen LogP) is 1.20. The highest BCUT2D eigenvalue weighted by Crippen LogP contribution is 2.47. The average molecular weight is 318 g/mol. The molecule has 0 aliphatic carbocycles. The number of hydrogen-bond acceptors (Lipinski definition) is 5. The number of aromatic nitrogens is 2. The van der Waals surface area contributed by atoms with Gasteiger partial charge in [-0.3, -0.25) is 9.36 Å². The summed E-state index contributed by atoms with van der Waals surface area (Å²) in [5, 5.41) is 17.7. The topological polar surface area (TPSA) is 96.6 Å². The van der Waals surface area contributed by atoms with Crippen LogP contribution in [0, 0.1) is 6.92 Å². The highest BCUT2D eigenvalue weighted by molar-refractivity contribution is 7.70. The van der Waals surface area contributed by atoms with Gasteiger partial charge in [0.2, 0.25) is 7.29 Å². The quantitative estimate of drug-likeness (QED) is 0.770. The molecule has 1 unspecified atom stereocenters. The molecule has 0 radical (unpaired) electrons. The van der Waals surface area contributed by atoms with Gasteiger partial charge in [-0.05, 0) is 19.1 Å². The molecule has 2 heterocycles. The van der Waals surface area contributed by atoms with Gasteiger partial charge in [-0.25, -0.2) is 9.44 Å². The van der Waals surface area contributed by atoms with Gasteiger partial charge in [-0.1, -0.05) is 12.1 Å². The van der Waals surface area contributed by atoms with E-state index in [9.17, 15) is 14.5 Å². The molecule has 1 aromatic carbocycles. The van der Waals surface area contributed by atoms with E-state index in [0.29, 0.717) is 16.7 Å². The van der Waals surface area contributed by atoms with E-state index in [1.807, 2.05) is 0 Å². The zero-order valence-electron chi connectivity index (χ0n) is 12.4. The second-order valence-electron chi connectivity index (χ2n) is 5.21. The van der Waals surface area contributed by atoms with Crippen LogP contribution in [0.25, 0.3) is 0 Å². The number of nitrogens with zero attached hydrogens (tertiary/aromatic N) is 3. The van der Waals surface area contributed by atoms with E-state index in [0.717, 1.165) is 4.68 Å². The first-order chi connectivity index (χ1) is 10.3. The van der Waals surface area contributed by atoms with Crippen molar-refractivity contribution in [3.05, 3.63) is 45.9 Å². The Morgan fingerprint density at radius 2 is 2.00 bits per heavy atom. The summed E-state index contributed by atoms with van der Waals surface area (Å²) in [6.07, 6.45) is 0. The first kappa shape index (κ1) is 14.5. The molecule has 0 amide bonds. The van der Waals surface area contributed by atoms with Crippen molar-refractivity contribution in [2.45, 2.75) is 6.92 Å². The van der Waals surface area contributed by atoms with Crippen LogP contribution < -0.4 is 16.2 Å². The van der Waals surface area contributed by atoms with Gasteiger partial charge in [-0.2, -0.15) is 5.10 Å². The number of anilines is 1. The largest absolute Gasteiger partial charge is 0.505 e. The highest BCUT2D eigenvalue weighted by atomic mass is 31.2.